The number of hydrogen-bond acceptors (Lipinski definition) is 4. The Labute approximate surface area is 116 Å². The maximum absolute atomic E-state index is 9.37. The molecule has 0 amide bonds. The van der Waals surface area contributed by atoms with Crippen LogP contribution in [0.1, 0.15) is 52.9 Å². The molecule has 0 aliphatic heterocycles. The summed E-state index contributed by atoms with van der Waals surface area (Å²) in [6.07, 6.45) is 4.36. The first-order chi connectivity index (χ1) is 8.95. The third-order valence-electron chi connectivity index (χ3n) is 1.88. The molecule has 0 aliphatic rings. The predicted octanol–water partition coefficient (Wildman–Crippen LogP) is 1.69. The van der Waals surface area contributed by atoms with E-state index in [1.54, 1.807) is 13.8 Å². The number of carboxylic acids is 2. The van der Waals surface area contributed by atoms with Crippen LogP contribution in [0.2, 0.25) is 0 Å². The maximum atomic E-state index is 9.37. The monoisotopic (exact) mass is 278 g/mol. The highest BCUT2D eigenvalue weighted by Gasteiger charge is 1.83. The predicted molar refractivity (Wildman–Crippen MR) is 77.3 cm³/mol. The molecule has 0 aromatic carbocycles. The lowest BCUT2D eigenvalue weighted by molar-refractivity contribution is -0.137. The van der Waals surface area contributed by atoms with Gasteiger partial charge in [0.05, 0.1) is 0 Å². The van der Waals surface area contributed by atoms with Gasteiger partial charge in [-0.3, -0.25) is 9.59 Å². The molecule has 0 bridgehead atoms. The van der Waals surface area contributed by atoms with E-state index >= 15 is 0 Å². The van der Waals surface area contributed by atoms with Gasteiger partial charge >= 0.3 is 11.9 Å². The number of unbranched alkanes of at least 4 members (excludes halogenated alkanes) is 2. The molecule has 5 N–H and O–H groups in total. The first kappa shape index (κ1) is 23.0. The Morgan fingerprint density at radius 1 is 0.947 bits per heavy atom. The highest BCUT2D eigenvalue weighted by atomic mass is 16.4. The van der Waals surface area contributed by atoms with E-state index in [9.17, 15) is 9.59 Å². The quantitative estimate of drug-likeness (QED) is 0.502. The van der Waals surface area contributed by atoms with Gasteiger partial charge < -0.3 is 21.3 Å². The molecule has 116 valence electrons. The van der Waals surface area contributed by atoms with Crippen molar-refractivity contribution in [2.24, 2.45) is 5.73 Å². The SMILES string of the molecule is CCC(=O)O.CCC(=O)O.CCCCCNCCN. The third kappa shape index (κ3) is 47.4. The molecular formula is C13H30N2O4. The van der Waals surface area contributed by atoms with Crippen molar-refractivity contribution in [1.82, 2.24) is 5.32 Å². The average molecular weight is 278 g/mol. The zero-order valence-corrected chi connectivity index (χ0v) is 12.4. The number of rotatable bonds is 8. The van der Waals surface area contributed by atoms with E-state index in [1.165, 1.54) is 19.3 Å². The number of hydrogen-bond donors (Lipinski definition) is 4. The molecule has 19 heavy (non-hydrogen) atoms. The summed E-state index contributed by atoms with van der Waals surface area (Å²) >= 11 is 0. The molecule has 0 atom stereocenters. The number of aliphatic carboxylic acids is 2. The summed E-state index contributed by atoms with van der Waals surface area (Å²) in [5.74, 6) is -1.49. The maximum Gasteiger partial charge on any atom is 0.303 e. The summed E-state index contributed by atoms with van der Waals surface area (Å²) < 4.78 is 0. The normalized spacial score (nSPS) is 8.63. The molecule has 0 fully saturated rings. The molecule has 0 rings (SSSR count). The Morgan fingerprint density at radius 2 is 1.37 bits per heavy atom. The number of carboxylic acid groups (broad SMARTS) is 2. The summed E-state index contributed by atoms with van der Waals surface area (Å²) in [4.78, 5) is 18.7. The average Bonchev–Trinajstić information content (AvgIpc) is 2.40. The minimum atomic E-state index is -0.745. The van der Waals surface area contributed by atoms with Gasteiger partial charge in [-0.25, -0.2) is 0 Å². The molecule has 6 heteroatoms. The van der Waals surface area contributed by atoms with Crippen molar-refractivity contribution < 1.29 is 19.8 Å². The highest BCUT2D eigenvalue weighted by Crippen LogP contribution is 1.90. The topological polar surface area (TPSA) is 113 Å². The van der Waals surface area contributed by atoms with E-state index in [2.05, 4.69) is 12.2 Å². The van der Waals surface area contributed by atoms with Gasteiger partial charge in [-0.15, -0.1) is 0 Å². The number of nitrogens with two attached hydrogens (primary N) is 1. The molecule has 0 unspecified atom stereocenters. The van der Waals surface area contributed by atoms with Crippen molar-refractivity contribution in [3.05, 3.63) is 0 Å². The Kier molecular flexibility index (Phi) is 26.7. The molecular weight excluding hydrogens is 248 g/mol. The Bertz CT molecular complexity index is 179. The van der Waals surface area contributed by atoms with E-state index in [0.717, 1.165) is 19.6 Å². The van der Waals surface area contributed by atoms with E-state index in [-0.39, 0.29) is 12.8 Å². The Hall–Kier alpha value is -1.14. The lowest BCUT2D eigenvalue weighted by Crippen LogP contribution is -2.23. The van der Waals surface area contributed by atoms with E-state index in [1.807, 2.05) is 0 Å². The standard InChI is InChI=1S/C7H18N2.2C3H6O2/c1-2-3-4-6-9-7-5-8;2*1-2-3(4)5/h9H,2-8H2,1H3;2*2H2,1H3,(H,4,5). The summed E-state index contributed by atoms with van der Waals surface area (Å²) in [5.41, 5.74) is 5.28. The molecule has 0 aromatic heterocycles. The van der Waals surface area contributed by atoms with Crippen LogP contribution in [0.15, 0.2) is 0 Å². The fourth-order valence-electron chi connectivity index (χ4n) is 0.727. The van der Waals surface area contributed by atoms with Gasteiger partial charge in [-0.2, -0.15) is 0 Å². The van der Waals surface area contributed by atoms with Gasteiger partial charge in [0.2, 0.25) is 0 Å². The minimum absolute atomic E-state index is 0.222. The number of nitrogens with one attached hydrogen (secondary N) is 1. The van der Waals surface area contributed by atoms with Crippen molar-refractivity contribution in [1.29, 1.82) is 0 Å². The molecule has 0 saturated heterocycles. The lowest BCUT2D eigenvalue weighted by atomic mass is 10.2. The smallest absolute Gasteiger partial charge is 0.303 e. The summed E-state index contributed by atoms with van der Waals surface area (Å²) in [7, 11) is 0. The van der Waals surface area contributed by atoms with Crippen LogP contribution < -0.4 is 11.1 Å². The van der Waals surface area contributed by atoms with Gasteiger partial charge in [0.15, 0.2) is 0 Å². The molecule has 0 aliphatic carbocycles. The van der Waals surface area contributed by atoms with Crippen molar-refractivity contribution in [3.8, 4) is 0 Å². The van der Waals surface area contributed by atoms with Crippen molar-refractivity contribution >= 4 is 11.9 Å². The fourth-order valence-corrected chi connectivity index (χ4v) is 0.727. The van der Waals surface area contributed by atoms with E-state index in [4.69, 9.17) is 15.9 Å². The molecule has 0 heterocycles. The van der Waals surface area contributed by atoms with Crippen LogP contribution in [-0.4, -0.2) is 41.8 Å². The summed E-state index contributed by atoms with van der Waals surface area (Å²) in [6.45, 7) is 8.26. The summed E-state index contributed by atoms with van der Waals surface area (Å²) in [6, 6.07) is 0. The van der Waals surface area contributed by atoms with Crippen LogP contribution in [0.4, 0.5) is 0 Å². The highest BCUT2D eigenvalue weighted by molar-refractivity contribution is 5.66. The summed E-state index contributed by atoms with van der Waals surface area (Å²) in [5, 5.41) is 18.7. The van der Waals surface area contributed by atoms with Crippen LogP contribution >= 0.6 is 0 Å². The van der Waals surface area contributed by atoms with E-state index in [0.29, 0.717) is 0 Å². The molecule has 0 aromatic rings. The Balaban J connectivity index is -0.000000219. The second-order valence-electron chi connectivity index (χ2n) is 3.74. The fraction of sp³-hybridized carbons (Fsp3) is 0.846. The second-order valence-corrected chi connectivity index (χ2v) is 3.74. The van der Waals surface area contributed by atoms with Gasteiger partial charge in [-0.1, -0.05) is 33.6 Å². The van der Waals surface area contributed by atoms with Gasteiger partial charge in [0.1, 0.15) is 0 Å². The second kappa shape index (κ2) is 22.1. The van der Waals surface area contributed by atoms with Crippen LogP contribution in [0.3, 0.4) is 0 Å². The van der Waals surface area contributed by atoms with Crippen LogP contribution in [0, 0.1) is 0 Å². The Morgan fingerprint density at radius 3 is 1.63 bits per heavy atom. The first-order valence-corrected chi connectivity index (χ1v) is 6.80. The zero-order chi connectivity index (χ0) is 15.5. The van der Waals surface area contributed by atoms with Gasteiger partial charge in [0.25, 0.3) is 0 Å². The van der Waals surface area contributed by atoms with Crippen LogP contribution in [0.25, 0.3) is 0 Å². The van der Waals surface area contributed by atoms with E-state index < -0.39 is 11.9 Å². The van der Waals surface area contributed by atoms with Gasteiger partial charge in [-0.05, 0) is 13.0 Å². The largest absolute Gasteiger partial charge is 0.481 e. The molecule has 0 radical (unpaired) electrons. The molecule has 0 saturated carbocycles. The van der Waals surface area contributed by atoms with Gasteiger partial charge in [0, 0.05) is 25.9 Å². The lowest BCUT2D eigenvalue weighted by Gasteiger charge is -1.99. The number of carbonyl (C=O) groups is 2. The van der Waals surface area contributed by atoms with Crippen LogP contribution in [0.5, 0.6) is 0 Å². The molecule has 0 spiro atoms. The van der Waals surface area contributed by atoms with Crippen molar-refractivity contribution in [3.63, 3.8) is 0 Å². The third-order valence-corrected chi connectivity index (χ3v) is 1.88. The zero-order valence-electron chi connectivity index (χ0n) is 12.4. The first-order valence-electron chi connectivity index (χ1n) is 6.80. The minimum Gasteiger partial charge on any atom is -0.481 e. The van der Waals surface area contributed by atoms with Crippen molar-refractivity contribution in [2.45, 2.75) is 52.9 Å². The van der Waals surface area contributed by atoms with Crippen LogP contribution in [-0.2, 0) is 9.59 Å². The molecule has 6 nitrogen and oxygen atoms in total. The van der Waals surface area contributed by atoms with Crippen molar-refractivity contribution in [2.75, 3.05) is 19.6 Å².